The maximum Gasteiger partial charge on any atom is 0.306 e. The predicted molar refractivity (Wildman–Crippen MR) is 251 cm³/mol. The summed E-state index contributed by atoms with van der Waals surface area (Å²) in [7, 11) is 0. The van der Waals surface area contributed by atoms with E-state index in [2.05, 4.69) is 106 Å². The first kappa shape index (κ1) is 55.6. The van der Waals surface area contributed by atoms with E-state index in [4.69, 9.17) is 14.2 Å². The molecule has 0 aliphatic rings. The summed E-state index contributed by atoms with van der Waals surface area (Å²) < 4.78 is 16.6. The van der Waals surface area contributed by atoms with Crippen LogP contribution in [-0.4, -0.2) is 37.2 Å². The fourth-order valence-corrected chi connectivity index (χ4v) is 6.26. The van der Waals surface area contributed by atoms with Crippen molar-refractivity contribution < 1.29 is 28.6 Å². The van der Waals surface area contributed by atoms with Gasteiger partial charge in [0.15, 0.2) is 6.10 Å². The molecule has 1 unspecified atom stereocenters. The van der Waals surface area contributed by atoms with Crippen LogP contribution in [0.5, 0.6) is 0 Å². The van der Waals surface area contributed by atoms with Gasteiger partial charge < -0.3 is 14.2 Å². The Labute approximate surface area is 363 Å². The van der Waals surface area contributed by atoms with E-state index < -0.39 is 6.10 Å². The Hall–Kier alpha value is -3.41. The molecule has 0 heterocycles. The van der Waals surface area contributed by atoms with E-state index in [0.29, 0.717) is 19.3 Å². The van der Waals surface area contributed by atoms with Gasteiger partial charge in [-0.25, -0.2) is 0 Å². The van der Waals surface area contributed by atoms with Gasteiger partial charge in [-0.15, -0.1) is 0 Å². The zero-order valence-electron chi connectivity index (χ0n) is 38.2. The van der Waals surface area contributed by atoms with Gasteiger partial charge in [0, 0.05) is 19.3 Å². The molecule has 0 fully saturated rings. The highest BCUT2D eigenvalue weighted by atomic mass is 16.6. The lowest BCUT2D eigenvalue weighted by Crippen LogP contribution is -2.30. The summed E-state index contributed by atoms with van der Waals surface area (Å²) in [4.78, 5) is 37.6. The SMILES string of the molecule is CC/C=C\C/C=C\C/C=C\C/C=C\C/C=C\C/C=C\CCCCC(=O)OCC(COC(=O)CCCCCCC)OC(=O)CCCCCCC/C=C\CCCCCCCC. The Bertz CT molecular complexity index is 1170. The van der Waals surface area contributed by atoms with Crippen molar-refractivity contribution in [3.63, 3.8) is 0 Å². The first-order valence-electron chi connectivity index (χ1n) is 24.1. The van der Waals surface area contributed by atoms with Crippen molar-refractivity contribution in [2.45, 2.75) is 219 Å². The Morgan fingerprint density at radius 3 is 1.08 bits per heavy atom. The molecule has 0 aromatic heterocycles. The molecule has 0 rings (SSSR count). The quantitative estimate of drug-likeness (QED) is 0.0264. The molecule has 6 heteroatoms. The summed E-state index contributed by atoms with van der Waals surface area (Å²) in [5, 5.41) is 0. The minimum Gasteiger partial charge on any atom is -0.462 e. The van der Waals surface area contributed by atoms with Gasteiger partial charge in [-0.3, -0.25) is 14.4 Å². The summed E-state index contributed by atoms with van der Waals surface area (Å²) in [5.74, 6) is -0.968. The standard InChI is InChI=1S/C53H88O6/c1-4-7-10-13-15-17-19-21-23-24-25-26-27-28-30-31-33-35-37-40-43-46-52(55)58-49-50(48-57-51(54)45-42-39-12-9-6-3)59-53(56)47-44-41-38-36-34-32-29-22-20-18-16-14-11-8-5-2/h7,10,15,17,21-23,25-26,28-30,33,35,50H,4-6,8-9,11-14,16,18-20,24,27,31-32,34,36-49H2,1-3H3/b10-7-,17-15-,23-21-,26-25-,29-22-,30-28-,35-33-. The third kappa shape index (κ3) is 45.5. The molecule has 0 radical (unpaired) electrons. The Morgan fingerprint density at radius 1 is 0.356 bits per heavy atom. The zero-order chi connectivity index (χ0) is 43.0. The number of hydrogen-bond donors (Lipinski definition) is 0. The summed E-state index contributed by atoms with van der Waals surface area (Å²) >= 11 is 0. The maximum atomic E-state index is 12.7. The van der Waals surface area contributed by atoms with E-state index in [0.717, 1.165) is 122 Å². The maximum absolute atomic E-state index is 12.7. The number of carbonyl (C=O) groups excluding carboxylic acids is 3. The average molecular weight is 821 g/mol. The zero-order valence-corrected chi connectivity index (χ0v) is 38.2. The van der Waals surface area contributed by atoms with Crippen molar-refractivity contribution >= 4 is 17.9 Å². The van der Waals surface area contributed by atoms with Crippen molar-refractivity contribution in [3.05, 3.63) is 85.1 Å². The highest BCUT2D eigenvalue weighted by molar-refractivity contribution is 5.71. The fraction of sp³-hybridized carbons (Fsp3) is 0.679. The summed E-state index contributed by atoms with van der Waals surface area (Å²) in [6.07, 6.45) is 60.3. The first-order chi connectivity index (χ1) is 29.0. The van der Waals surface area contributed by atoms with Crippen LogP contribution in [0.15, 0.2) is 85.1 Å². The van der Waals surface area contributed by atoms with Gasteiger partial charge in [0.25, 0.3) is 0 Å². The van der Waals surface area contributed by atoms with Crippen molar-refractivity contribution in [1.82, 2.24) is 0 Å². The number of rotatable bonds is 42. The summed E-state index contributed by atoms with van der Waals surface area (Å²) in [5.41, 5.74) is 0. The second-order valence-corrected chi connectivity index (χ2v) is 15.6. The molecule has 0 saturated carbocycles. The second kappa shape index (κ2) is 47.3. The van der Waals surface area contributed by atoms with Gasteiger partial charge in [0.2, 0.25) is 0 Å². The van der Waals surface area contributed by atoms with Crippen molar-refractivity contribution in [1.29, 1.82) is 0 Å². The molecule has 0 aromatic carbocycles. The molecule has 0 aliphatic carbocycles. The average Bonchev–Trinajstić information content (AvgIpc) is 3.23. The Morgan fingerprint density at radius 2 is 0.661 bits per heavy atom. The van der Waals surface area contributed by atoms with Gasteiger partial charge in [-0.1, -0.05) is 183 Å². The molecule has 0 bridgehead atoms. The lowest BCUT2D eigenvalue weighted by atomic mass is 10.1. The minimum absolute atomic E-state index is 0.0954. The third-order valence-electron chi connectivity index (χ3n) is 9.88. The number of ether oxygens (including phenoxy) is 3. The van der Waals surface area contributed by atoms with Crippen LogP contribution in [0.25, 0.3) is 0 Å². The monoisotopic (exact) mass is 821 g/mol. The molecule has 6 nitrogen and oxygen atoms in total. The van der Waals surface area contributed by atoms with Crippen LogP contribution in [0, 0.1) is 0 Å². The summed E-state index contributed by atoms with van der Waals surface area (Å²) in [6, 6.07) is 0. The minimum atomic E-state index is -0.794. The number of carbonyl (C=O) groups is 3. The normalized spacial score (nSPS) is 12.8. The van der Waals surface area contributed by atoms with Crippen molar-refractivity contribution in [3.8, 4) is 0 Å². The molecular weight excluding hydrogens is 733 g/mol. The third-order valence-corrected chi connectivity index (χ3v) is 9.88. The van der Waals surface area contributed by atoms with Crippen LogP contribution in [0.1, 0.15) is 213 Å². The van der Waals surface area contributed by atoms with Gasteiger partial charge in [-0.05, 0) is 96.3 Å². The molecule has 0 aromatic rings. The molecule has 0 spiro atoms. The molecular formula is C53H88O6. The first-order valence-corrected chi connectivity index (χ1v) is 24.1. The second-order valence-electron chi connectivity index (χ2n) is 15.6. The van der Waals surface area contributed by atoms with Crippen LogP contribution in [0.3, 0.4) is 0 Å². The van der Waals surface area contributed by atoms with E-state index in [1.54, 1.807) is 0 Å². The van der Waals surface area contributed by atoms with Crippen LogP contribution in [0.4, 0.5) is 0 Å². The van der Waals surface area contributed by atoms with Gasteiger partial charge >= 0.3 is 17.9 Å². The number of unbranched alkanes of at least 4 members (excludes halogenated alkanes) is 17. The van der Waals surface area contributed by atoms with Crippen LogP contribution in [0.2, 0.25) is 0 Å². The van der Waals surface area contributed by atoms with Gasteiger partial charge in [0.05, 0.1) is 0 Å². The summed E-state index contributed by atoms with van der Waals surface area (Å²) in [6.45, 7) is 6.37. The van der Waals surface area contributed by atoms with E-state index in [1.807, 2.05) is 0 Å². The topological polar surface area (TPSA) is 78.9 Å². The number of hydrogen-bond acceptors (Lipinski definition) is 6. The molecule has 0 amide bonds. The van der Waals surface area contributed by atoms with Crippen molar-refractivity contribution in [2.24, 2.45) is 0 Å². The highest BCUT2D eigenvalue weighted by Gasteiger charge is 2.19. The van der Waals surface area contributed by atoms with Crippen LogP contribution in [-0.2, 0) is 28.6 Å². The smallest absolute Gasteiger partial charge is 0.306 e. The lowest BCUT2D eigenvalue weighted by Gasteiger charge is -2.18. The van der Waals surface area contributed by atoms with Crippen LogP contribution >= 0.6 is 0 Å². The lowest BCUT2D eigenvalue weighted by molar-refractivity contribution is -0.167. The predicted octanol–water partition coefficient (Wildman–Crippen LogP) is 15.6. The Balaban J connectivity index is 4.30. The van der Waals surface area contributed by atoms with E-state index in [1.165, 1.54) is 51.4 Å². The molecule has 0 saturated heterocycles. The fourth-order valence-electron chi connectivity index (χ4n) is 6.26. The molecule has 336 valence electrons. The van der Waals surface area contributed by atoms with Crippen molar-refractivity contribution in [2.75, 3.05) is 13.2 Å². The van der Waals surface area contributed by atoms with E-state index in [-0.39, 0.29) is 31.1 Å². The van der Waals surface area contributed by atoms with Gasteiger partial charge in [-0.2, -0.15) is 0 Å². The van der Waals surface area contributed by atoms with Crippen LogP contribution < -0.4 is 0 Å². The molecule has 59 heavy (non-hydrogen) atoms. The molecule has 1 atom stereocenters. The number of allylic oxidation sites excluding steroid dienone is 14. The van der Waals surface area contributed by atoms with Gasteiger partial charge in [0.1, 0.15) is 13.2 Å². The Kier molecular flexibility index (Phi) is 44.5. The highest BCUT2D eigenvalue weighted by Crippen LogP contribution is 2.12. The largest absolute Gasteiger partial charge is 0.462 e. The van der Waals surface area contributed by atoms with E-state index in [9.17, 15) is 14.4 Å². The van der Waals surface area contributed by atoms with E-state index >= 15 is 0 Å². The molecule has 0 aliphatic heterocycles. The number of esters is 3. The molecule has 0 N–H and O–H groups in total.